The number of carbonyl (C=O) groups is 1. The van der Waals surface area contributed by atoms with E-state index in [9.17, 15) is 4.79 Å². The van der Waals surface area contributed by atoms with E-state index in [0.717, 1.165) is 12.5 Å². The SMILES string of the molecule is Nc1cc(Br)cc(Br)c1NC(=O)c1ccccc1I. The second-order valence-electron chi connectivity index (χ2n) is 3.79. The summed E-state index contributed by atoms with van der Waals surface area (Å²) in [6, 6.07) is 11.0. The summed E-state index contributed by atoms with van der Waals surface area (Å²) in [7, 11) is 0. The summed E-state index contributed by atoms with van der Waals surface area (Å²) < 4.78 is 2.48. The van der Waals surface area contributed by atoms with Crippen LogP contribution in [0.15, 0.2) is 45.3 Å². The van der Waals surface area contributed by atoms with Crippen LogP contribution in [-0.2, 0) is 0 Å². The van der Waals surface area contributed by atoms with Gasteiger partial charge in [-0.3, -0.25) is 4.79 Å². The average molecular weight is 496 g/mol. The van der Waals surface area contributed by atoms with Crippen LogP contribution in [0.1, 0.15) is 10.4 Å². The molecule has 2 aromatic carbocycles. The van der Waals surface area contributed by atoms with Gasteiger partial charge in [-0.2, -0.15) is 0 Å². The molecule has 0 aromatic heterocycles. The summed E-state index contributed by atoms with van der Waals surface area (Å²) in [4.78, 5) is 12.2. The van der Waals surface area contributed by atoms with Gasteiger partial charge < -0.3 is 11.1 Å². The van der Waals surface area contributed by atoms with Crippen molar-refractivity contribution in [3.63, 3.8) is 0 Å². The topological polar surface area (TPSA) is 55.1 Å². The van der Waals surface area contributed by atoms with Crippen molar-refractivity contribution < 1.29 is 4.79 Å². The minimum absolute atomic E-state index is 0.181. The highest BCUT2D eigenvalue weighted by atomic mass is 127. The van der Waals surface area contributed by atoms with E-state index < -0.39 is 0 Å². The minimum atomic E-state index is -0.181. The maximum atomic E-state index is 12.2. The number of nitrogen functional groups attached to an aromatic ring is 1. The summed E-state index contributed by atoms with van der Waals surface area (Å²) in [6.45, 7) is 0. The van der Waals surface area contributed by atoms with E-state index in [1.54, 1.807) is 12.1 Å². The molecule has 0 aliphatic heterocycles. The minimum Gasteiger partial charge on any atom is -0.397 e. The van der Waals surface area contributed by atoms with Crippen LogP contribution in [0.25, 0.3) is 0 Å². The van der Waals surface area contributed by atoms with Crippen molar-refractivity contribution in [3.05, 3.63) is 54.5 Å². The molecule has 3 nitrogen and oxygen atoms in total. The second kappa shape index (κ2) is 6.23. The summed E-state index contributed by atoms with van der Waals surface area (Å²) >= 11 is 8.87. The van der Waals surface area contributed by atoms with E-state index in [1.807, 2.05) is 24.3 Å². The van der Waals surface area contributed by atoms with Gasteiger partial charge in [-0.05, 0) is 62.8 Å². The van der Waals surface area contributed by atoms with Crippen LogP contribution in [0.4, 0.5) is 11.4 Å². The molecule has 2 rings (SSSR count). The Labute approximate surface area is 141 Å². The number of benzene rings is 2. The molecule has 98 valence electrons. The molecule has 19 heavy (non-hydrogen) atoms. The fraction of sp³-hybridized carbons (Fsp3) is 0. The second-order valence-corrected chi connectivity index (χ2v) is 6.72. The molecule has 1 amide bonds. The number of nitrogens with two attached hydrogens (primary N) is 1. The Bertz CT molecular complexity index is 623. The lowest BCUT2D eigenvalue weighted by Gasteiger charge is -2.11. The van der Waals surface area contributed by atoms with Crippen LogP contribution in [0.5, 0.6) is 0 Å². The summed E-state index contributed by atoms with van der Waals surface area (Å²) in [5.74, 6) is -0.181. The van der Waals surface area contributed by atoms with Gasteiger partial charge in [0.1, 0.15) is 0 Å². The summed E-state index contributed by atoms with van der Waals surface area (Å²) in [6.07, 6.45) is 0. The molecule has 0 aliphatic carbocycles. The van der Waals surface area contributed by atoms with Gasteiger partial charge in [0.25, 0.3) is 5.91 Å². The van der Waals surface area contributed by atoms with Crippen molar-refractivity contribution in [1.29, 1.82) is 0 Å². The van der Waals surface area contributed by atoms with Gasteiger partial charge in [-0.1, -0.05) is 28.1 Å². The third-order valence-corrected chi connectivity index (χ3v) is 4.47. The van der Waals surface area contributed by atoms with E-state index in [4.69, 9.17) is 5.73 Å². The standard InChI is InChI=1S/C13H9Br2IN2O/c14-7-5-9(15)12(11(17)6-7)18-13(19)8-3-1-2-4-10(8)16/h1-6H,17H2,(H,18,19). The molecule has 0 saturated carbocycles. The van der Waals surface area contributed by atoms with Gasteiger partial charge in [-0.15, -0.1) is 0 Å². The molecule has 6 heteroatoms. The van der Waals surface area contributed by atoms with Crippen molar-refractivity contribution in [1.82, 2.24) is 0 Å². The molecule has 0 saturated heterocycles. The molecule has 0 bridgehead atoms. The number of rotatable bonds is 2. The average Bonchev–Trinajstić information content (AvgIpc) is 2.34. The molecular formula is C13H9Br2IN2O. The smallest absolute Gasteiger partial charge is 0.256 e. The number of hydrogen-bond donors (Lipinski definition) is 2. The number of halogens is 3. The largest absolute Gasteiger partial charge is 0.397 e. The predicted octanol–water partition coefficient (Wildman–Crippen LogP) is 4.65. The highest BCUT2D eigenvalue weighted by molar-refractivity contribution is 14.1. The monoisotopic (exact) mass is 494 g/mol. The number of nitrogens with one attached hydrogen (secondary N) is 1. The normalized spacial score (nSPS) is 10.3. The van der Waals surface area contributed by atoms with Crippen LogP contribution < -0.4 is 11.1 Å². The van der Waals surface area contributed by atoms with E-state index in [1.165, 1.54) is 0 Å². The van der Waals surface area contributed by atoms with Crippen LogP contribution >= 0.6 is 54.5 Å². The van der Waals surface area contributed by atoms with Crippen molar-refractivity contribution >= 4 is 71.7 Å². The Morgan fingerprint density at radius 1 is 1.21 bits per heavy atom. The maximum absolute atomic E-state index is 12.2. The first kappa shape index (κ1) is 14.8. The van der Waals surface area contributed by atoms with E-state index in [-0.39, 0.29) is 5.91 Å². The van der Waals surface area contributed by atoms with Crippen LogP contribution in [0.2, 0.25) is 0 Å². The first-order chi connectivity index (χ1) is 8.99. The molecule has 0 heterocycles. The quantitative estimate of drug-likeness (QED) is 0.471. The first-order valence-corrected chi connectivity index (χ1v) is 7.96. The van der Waals surface area contributed by atoms with Crippen LogP contribution in [0, 0.1) is 3.57 Å². The molecule has 0 atom stereocenters. The maximum Gasteiger partial charge on any atom is 0.256 e. The summed E-state index contributed by atoms with van der Waals surface area (Å²) in [5.41, 5.74) is 7.61. The number of amides is 1. The molecule has 0 fully saturated rings. The Morgan fingerprint density at radius 2 is 1.89 bits per heavy atom. The Morgan fingerprint density at radius 3 is 2.53 bits per heavy atom. The molecule has 0 aliphatic rings. The Kier molecular flexibility index (Phi) is 4.86. The van der Waals surface area contributed by atoms with E-state index in [0.29, 0.717) is 16.9 Å². The van der Waals surface area contributed by atoms with Gasteiger partial charge >= 0.3 is 0 Å². The van der Waals surface area contributed by atoms with Crippen molar-refractivity contribution in [2.75, 3.05) is 11.1 Å². The van der Waals surface area contributed by atoms with Gasteiger partial charge in [0, 0.05) is 12.5 Å². The number of anilines is 2. The molecule has 3 N–H and O–H groups in total. The fourth-order valence-corrected chi connectivity index (χ4v) is 3.54. The predicted molar refractivity (Wildman–Crippen MR) is 93.4 cm³/mol. The van der Waals surface area contributed by atoms with Gasteiger partial charge in [0.2, 0.25) is 0 Å². The van der Waals surface area contributed by atoms with Gasteiger partial charge in [0.15, 0.2) is 0 Å². The molecule has 0 radical (unpaired) electrons. The van der Waals surface area contributed by atoms with Crippen LogP contribution in [0.3, 0.4) is 0 Å². The lowest BCUT2D eigenvalue weighted by Crippen LogP contribution is -2.15. The zero-order chi connectivity index (χ0) is 14.0. The van der Waals surface area contributed by atoms with Gasteiger partial charge in [0.05, 0.1) is 16.9 Å². The zero-order valence-corrected chi connectivity index (χ0v) is 14.9. The highest BCUT2D eigenvalue weighted by Gasteiger charge is 2.13. The summed E-state index contributed by atoms with van der Waals surface area (Å²) in [5, 5.41) is 2.83. The van der Waals surface area contributed by atoms with Gasteiger partial charge in [-0.25, -0.2) is 0 Å². The molecule has 2 aromatic rings. The third-order valence-electron chi connectivity index (χ3n) is 2.44. The molecule has 0 spiro atoms. The zero-order valence-electron chi connectivity index (χ0n) is 9.58. The van der Waals surface area contributed by atoms with Crippen molar-refractivity contribution in [3.8, 4) is 0 Å². The molecular weight excluding hydrogens is 487 g/mol. The number of carbonyl (C=O) groups excluding carboxylic acids is 1. The number of hydrogen-bond acceptors (Lipinski definition) is 2. The van der Waals surface area contributed by atoms with Crippen LogP contribution in [-0.4, -0.2) is 5.91 Å². The molecule has 0 unspecified atom stereocenters. The Balaban J connectivity index is 2.32. The highest BCUT2D eigenvalue weighted by Crippen LogP contribution is 2.33. The first-order valence-electron chi connectivity index (χ1n) is 5.29. The van der Waals surface area contributed by atoms with Crippen molar-refractivity contribution in [2.24, 2.45) is 0 Å². The fourth-order valence-electron chi connectivity index (χ4n) is 1.55. The van der Waals surface area contributed by atoms with E-state index in [2.05, 4.69) is 59.8 Å². The lowest BCUT2D eigenvalue weighted by molar-refractivity contribution is 0.102. The Hall–Kier alpha value is -0.600. The third kappa shape index (κ3) is 3.49. The van der Waals surface area contributed by atoms with Crippen molar-refractivity contribution in [2.45, 2.75) is 0 Å². The van der Waals surface area contributed by atoms with E-state index >= 15 is 0 Å². The lowest BCUT2D eigenvalue weighted by atomic mass is 10.2.